The van der Waals surface area contributed by atoms with Gasteiger partial charge in [0.2, 0.25) is 0 Å². The maximum Gasteiger partial charge on any atom is 0.389 e. The topological polar surface area (TPSA) is 24.9 Å². The molecule has 0 saturated carbocycles. The monoisotopic (exact) mass is 294 g/mol. The zero-order valence-electron chi connectivity index (χ0n) is 11.8. The Morgan fingerprint density at radius 3 is 2.37 bits per heavy atom. The molecule has 0 saturated heterocycles. The van der Waals surface area contributed by atoms with Crippen LogP contribution in [0, 0.1) is 13.8 Å². The molecule has 2 nitrogen and oxygen atoms in total. The Morgan fingerprint density at radius 2 is 1.89 bits per heavy atom. The van der Waals surface area contributed by atoms with E-state index >= 15 is 0 Å². The molecule has 1 rings (SSSR count). The molecule has 0 fully saturated rings. The van der Waals surface area contributed by atoms with Crippen molar-refractivity contribution in [3.05, 3.63) is 15.6 Å². The molecule has 1 aromatic heterocycles. The maximum absolute atomic E-state index is 12.1. The Balaban J connectivity index is 2.40. The smallest absolute Gasteiger partial charge is 0.307 e. The summed E-state index contributed by atoms with van der Waals surface area (Å²) in [6, 6.07) is 0.200. The lowest BCUT2D eigenvalue weighted by Crippen LogP contribution is -2.29. The fourth-order valence-corrected chi connectivity index (χ4v) is 3.08. The first-order valence-electron chi connectivity index (χ1n) is 6.45. The average molecular weight is 294 g/mol. The second-order valence-corrected chi connectivity index (χ2v) is 6.21. The van der Waals surface area contributed by atoms with Crippen LogP contribution in [0.25, 0.3) is 0 Å². The summed E-state index contributed by atoms with van der Waals surface area (Å²) in [5.41, 5.74) is 1.00. The van der Waals surface area contributed by atoms with Gasteiger partial charge in [-0.15, -0.1) is 11.3 Å². The summed E-state index contributed by atoms with van der Waals surface area (Å²) in [7, 11) is 0. The van der Waals surface area contributed by atoms with Gasteiger partial charge in [0.15, 0.2) is 0 Å². The van der Waals surface area contributed by atoms with Crippen molar-refractivity contribution in [2.45, 2.75) is 65.2 Å². The molecule has 1 aromatic rings. The molecule has 6 heteroatoms. The molecular weight excluding hydrogens is 273 g/mol. The van der Waals surface area contributed by atoms with Gasteiger partial charge >= 0.3 is 6.18 Å². The molecule has 0 amide bonds. The highest BCUT2D eigenvalue weighted by molar-refractivity contribution is 7.11. The summed E-state index contributed by atoms with van der Waals surface area (Å²) in [6.45, 7) is 7.88. The lowest BCUT2D eigenvalue weighted by molar-refractivity contribution is -0.135. The van der Waals surface area contributed by atoms with Crippen LogP contribution < -0.4 is 5.32 Å². The molecule has 1 heterocycles. The predicted octanol–water partition coefficient (Wildman–Crippen LogP) is 4.53. The Hall–Kier alpha value is -0.620. The van der Waals surface area contributed by atoms with Crippen molar-refractivity contribution in [3.63, 3.8) is 0 Å². The molecule has 1 N–H and O–H groups in total. The summed E-state index contributed by atoms with van der Waals surface area (Å²) < 4.78 is 36.2. The van der Waals surface area contributed by atoms with Crippen LogP contribution in [-0.2, 0) is 0 Å². The number of rotatable bonds is 6. The van der Waals surface area contributed by atoms with Crippen molar-refractivity contribution in [1.82, 2.24) is 10.3 Å². The first-order chi connectivity index (χ1) is 8.69. The Morgan fingerprint density at radius 1 is 1.26 bits per heavy atom. The quantitative estimate of drug-likeness (QED) is 0.833. The minimum absolute atomic E-state index is 0.0687. The fraction of sp³-hybridized carbons (Fsp3) is 0.769. The van der Waals surface area contributed by atoms with E-state index in [0.29, 0.717) is 6.42 Å². The van der Waals surface area contributed by atoms with Crippen molar-refractivity contribution in [2.75, 3.05) is 0 Å². The van der Waals surface area contributed by atoms with Gasteiger partial charge in [-0.2, -0.15) is 13.2 Å². The number of nitrogens with zero attached hydrogens (tertiary/aromatic N) is 1. The van der Waals surface area contributed by atoms with E-state index in [1.54, 1.807) is 11.3 Å². The largest absolute Gasteiger partial charge is 0.389 e. The Kier molecular flexibility index (Phi) is 5.80. The average Bonchev–Trinajstić information content (AvgIpc) is 2.55. The molecule has 110 valence electrons. The Labute approximate surface area is 116 Å². The molecule has 0 aliphatic rings. The molecule has 0 bridgehead atoms. The molecular formula is C13H21F3N2S. The van der Waals surface area contributed by atoms with E-state index < -0.39 is 12.6 Å². The summed E-state index contributed by atoms with van der Waals surface area (Å²) in [5.74, 6) is 0. The van der Waals surface area contributed by atoms with E-state index in [1.165, 1.54) is 4.88 Å². The van der Waals surface area contributed by atoms with Gasteiger partial charge < -0.3 is 5.32 Å². The van der Waals surface area contributed by atoms with Gasteiger partial charge in [-0.25, -0.2) is 4.98 Å². The van der Waals surface area contributed by atoms with E-state index in [-0.39, 0.29) is 18.5 Å². The first-order valence-corrected chi connectivity index (χ1v) is 7.27. The minimum atomic E-state index is -4.04. The van der Waals surface area contributed by atoms with E-state index in [4.69, 9.17) is 0 Å². The van der Waals surface area contributed by atoms with Crippen molar-refractivity contribution >= 4 is 11.3 Å². The summed E-state index contributed by atoms with van der Waals surface area (Å²) in [4.78, 5) is 5.53. The molecule has 0 spiro atoms. The highest BCUT2D eigenvalue weighted by atomic mass is 32.1. The van der Waals surface area contributed by atoms with Gasteiger partial charge in [-0.3, -0.25) is 0 Å². The van der Waals surface area contributed by atoms with Crippen LogP contribution in [0.4, 0.5) is 13.2 Å². The summed E-state index contributed by atoms with van der Waals surface area (Å²) >= 11 is 1.64. The van der Waals surface area contributed by atoms with Crippen molar-refractivity contribution in [3.8, 4) is 0 Å². The van der Waals surface area contributed by atoms with Gasteiger partial charge in [-0.05, 0) is 40.5 Å². The highest BCUT2D eigenvalue weighted by Gasteiger charge is 2.26. The molecule has 19 heavy (non-hydrogen) atoms. The van der Waals surface area contributed by atoms with Crippen molar-refractivity contribution in [2.24, 2.45) is 0 Å². The van der Waals surface area contributed by atoms with Gasteiger partial charge in [-0.1, -0.05) is 0 Å². The van der Waals surface area contributed by atoms with Crippen LogP contribution in [0.15, 0.2) is 0 Å². The third-order valence-electron chi connectivity index (χ3n) is 2.96. The van der Waals surface area contributed by atoms with E-state index in [9.17, 15) is 13.2 Å². The van der Waals surface area contributed by atoms with Crippen LogP contribution in [-0.4, -0.2) is 17.2 Å². The molecule has 0 aliphatic heterocycles. The van der Waals surface area contributed by atoms with E-state index in [2.05, 4.69) is 10.3 Å². The number of nitrogens with one attached hydrogen (secondary N) is 1. The lowest BCUT2D eigenvalue weighted by atomic mass is 10.1. The summed E-state index contributed by atoms with van der Waals surface area (Å²) in [5, 5.41) is 4.36. The number of aromatic nitrogens is 1. The molecule has 0 aromatic carbocycles. The number of thiazole rings is 1. The zero-order valence-corrected chi connectivity index (χ0v) is 12.6. The van der Waals surface area contributed by atoms with Crippen molar-refractivity contribution < 1.29 is 13.2 Å². The normalized spacial score (nSPS) is 15.5. The second kappa shape index (κ2) is 6.70. The standard InChI is InChI=1S/C13H21F3N2S/c1-8(6-5-7-13(14,15)16)17-9(2)12-10(3)18-11(4)19-12/h8-9,17H,5-7H2,1-4H3. The van der Waals surface area contributed by atoms with Gasteiger partial charge in [0.05, 0.1) is 10.7 Å². The lowest BCUT2D eigenvalue weighted by Gasteiger charge is -2.19. The van der Waals surface area contributed by atoms with Gasteiger partial charge in [0.25, 0.3) is 0 Å². The fourth-order valence-electron chi connectivity index (χ4n) is 2.14. The predicted molar refractivity (Wildman–Crippen MR) is 72.5 cm³/mol. The van der Waals surface area contributed by atoms with Crippen LogP contribution in [0.3, 0.4) is 0 Å². The number of halogens is 3. The number of alkyl halides is 3. The van der Waals surface area contributed by atoms with E-state index in [1.807, 2.05) is 27.7 Å². The highest BCUT2D eigenvalue weighted by Crippen LogP contribution is 2.26. The van der Waals surface area contributed by atoms with Crippen molar-refractivity contribution in [1.29, 1.82) is 0 Å². The van der Waals surface area contributed by atoms with Gasteiger partial charge in [0.1, 0.15) is 0 Å². The van der Waals surface area contributed by atoms with Gasteiger partial charge in [0, 0.05) is 23.4 Å². The van der Waals surface area contributed by atoms with E-state index in [0.717, 1.165) is 10.7 Å². The SMILES string of the molecule is Cc1nc(C)c(C(C)NC(C)CCCC(F)(F)F)s1. The van der Waals surface area contributed by atoms with Crippen LogP contribution in [0.1, 0.15) is 54.7 Å². The third kappa shape index (κ3) is 5.91. The number of aryl methyl sites for hydroxylation is 2. The molecule has 0 radical (unpaired) electrons. The Bertz CT molecular complexity index is 401. The minimum Gasteiger partial charge on any atom is -0.307 e. The van der Waals surface area contributed by atoms with Crippen LogP contribution in [0.5, 0.6) is 0 Å². The van der Waals surface area contributed by atoms with Crippen LogP contribution in [0.2, 0.25) is 0 Å². The number of hydrogen-bond donors (Lipinski definition) is 1. The molecule has 2 atom stereocenters. The number of hydrogen-bond acceptors (Lipinski definition) is 3. The maximum atomic E-state index is 12.1. The van der Waals surface area contributed by atoms with Crippen LogP contribution >= 0.6 is 11.3 Å². The zero-order chi connectivity index (χ0) is 14.6. The second-order valence-electron chi connectivity index (χ2n) is 4.98. The first kappa shape index (κ1) is 16.4. The molecule has 0 aliphatic carbocycles. The molecule has 2 unspecified atom stereocenters. The summed E-state index contributed by atoms with van der Waals surface area (Å²) in [6.07, 6.45) is -4.05. The third-order valence-corrected chi connectivity index (χ3v) is 4.22.